The molecule has 3 atom stereocenters. The van der Waals surface area contributed by atoms with Gasteiger partial charge in [-0.05, 0) is 12.8 Å². The lowest BCUT2D eigenvalue weighted by Gasteiger charge is -2.33. The lowest BCUT2D eigenvalue weighted by Crippen LogP contribution is -2.50. The highest BCUT2D eigenvalue weighted by Crippen LogP contribution is 2.42. The second-order valence-electron chi connectivity index (χ2n) is 4.34. The minimum Gasteiger partial charge on any atom is -0.296 e. The van der Waals surface area contributed by atoms with Gasteiger partial charge in [-0.1, -0.05) is 6.42 Å². The molecule has 1 spiro atoms. The predicted molar refractivity (Wildman–Crippen MR) is 59.0 cm³/mol. The quantitative estimate of drug-likeness (QED) is 0.606. The van der Waals surface area contributed by atoms with Gasteiger partial charge in [-0.2, -0.15) is 5.06 Å². The Labute approximate surface area is 94.2 Å². The van der Waals surface area contributed by atoms with Crippen molar-refractivity contribution in [3.63, 3.8) is 0 Å². The Bertz CT molecular complexity index is 317. The van der Waals surface area contributed by atoms with Crippen molar-refractivity contribution in [3.8, 4) is 0 Å². The Balaban J connectivity index is 1.98. The van der Waals surface area contributed by atoms with E-state index in [1.165, 1.54) is 0 Å². The standard InChI is InChI=1S/C9H15NO3S2/c11-14-5-6-15(12)9(14)7-13-10-4-2-1-3-8(9)10/h8H,1-7H2/t8-,9?,14?,15?/m0/s1. The summed E-state index contributed by atoms with van der Waals surface area (Å²) in [5.41, 5.74) is 0. The number of rotatable bonds is 0. The smallest absolute Gasteiger partial charge is 0.163 e. The summed E-state index contributed by atoms with van der Waals surface area (Å²) >= 11 is 0. The summed E-state index contributed by atoms with van der Waals surface area (Å²) in [6.07, 6.45) is 3.25. The van der Waals surface area contributed by atoms with Gasteiger partial charge in [0.15, 0.2) is 4.08 Å². The van der Waals surface area contributed by atoms with E-state index in [1.54, 1.807) is 0 Å². The van der Waals surface area contributed by atoms with Crippen LogP contribution in [0.25, 0.3) is 0 Å². The van der Waals surface area contributed by atoms with Crippen molar-refractivity contribution >= 4 is 21.6 Å². The molecule has 0 amide bonds. The van der Waals surface area contributed by atoms with Gasteiger partial charge in [0.05, 0.1) is 12.6 Å². The summed E-state index contributed by atoms with van der Waals surface area (Å²) in [7, 11) is -1.94. The average molecular weight is 249 g/mol. The molecular formula is C9H15NO3S2. The van der Waals surface area contributed by atoms with E-state index < -0.39 is 25.7 Å². The van der Waals surface area contributed by atoms with Crippen LogP contribution in [0.1, 0.15) is 19.3 Å². The van der Waals surface area contributed by atoms with Crippen molar-refractivity contribution < 1.29 is 13.3 Å². The third-order valence-corrected chi connectivity index (χ3v) is 8.46. The molecule has 6 heteroatoms. The maximum absolute atomic E-state index is 12.1. The van der Waals surface area contributed by atoms with Gasteiger partial charge in [-0.3, -0.25) is 13.3 Å². The second kappa shape index (κ2) is 3.61. The van der Waals surface area contributed by atoms with Crippen molar-refractivity contribution in [1.82, 2.24) is 5.06 Å². The molecule has 3 rings (SSSR count). The Morgan fingerprint density at radius 3 is 2.67 bits per heavy atom. The molecule has 0 aliphatic carbocycles. The molecule has 0 saturated carbocycles. The zero-order valence-electron chi connectivity index (χ0n) is 8.52. The fourth-order valence-electron chi connectivity index (χ4n) is 2.80. The SMILES string of the molecule is O=S1CCS(=O)C12CON1CCCC[C@H]12. The fraction of sp³-hybridized carbons (Fsp3) is 1.00. The molecule has 3 aliphatic heterocycles. The van der Waals surface area contributed by atoms with Gasteiger partial charge < -0.3 is 0 Å². The van der Waals surface area contributed by atoms with Gasteiger partial charge in [0.2, 0.25) is 0 Å². The van der Waals surface area contributed by atoms with Crippen LogP contribution in [0.3, 0.4) is 0 Å². The fourth-order valence-corrected chi connectivity index (χ4v) is 7.48. The van der Waals surface area contributed by atoms with Crippen LogP contribution >= 0.6 is 0 Å². The monoisotopic (exact) mass is 249 g/mol. The molecule has 3 heterocycles. The second-order valence-corrected chi connectivity index (χ2v) is 8.25. The largest absolute Gasteiger partial charge is 0.296 e. The molecule has 0 aromatic carbocycles. The predicted octanol–water partition coefficient (Wildman–Crippen LogP) is -0.00660. The molecular weight excluding hydrogens is 234 g/mol. The molecule has 3 fully saturated rings. The first-order chi connectivity index (χ1) is 7.25. The first-order valence-electron chi connectivity index (χ1n) is 5.42. The zero-order valence-corrected chi connectivity index (χ0v) is 10.1. The summed E-state index contributed by atoms with van der Waals surface area (Å²) in [5, 5.41) is 1.94. The third kappa shape index (κ3) is 1.31. The average Bonchev–Trinajstić information content (AvgIpc) is 2.77. The van der Waals surface area contributed by atoms with Crippen LogP contribution in [-0.2, 0) is 26.4 Å². The molecule has 15 heavy (non-hydrogen) atoms. The van der Waals surface area contributed by atoms with E-state index in [0.29, 0.717) is 18.1 Å². The van der Waals surface area contributed by atoms with E-state index in [0.717, 1.165) is 25.8 Å². The van der Waals surface area contributed by atoms with Crippen LogP contribution < -0.4 is 0 Å². The summed E-state index contributed by atoms with van der Waals surface area (Å²) in [5.74, 6) is 1.17. The minimum atomic E-state index is -0.972. The van der Waals surface area contributed by atoms with E-state index in [-0.39, 0.29) is 6.04 Å². The van der Waals surface area contributed by atoms with Crippen molar-refractivity contribution in [2.45, 2.75) is 29.4 Å². The van der Waals surface area contributed by atoms with Gasteiger partial charge in [0, 0.05) is 39.6 Å². The highest BCUT2D eigenvalue weighted by Gasteiger charge is 2.60. The lowest BCUT2D eigenvalue weighted by atomic mass is 10.0. The van der Waals surface area contributed by atoms with E-state index in [1.807, 2.05) is 5.06 Å². The minimum absolute atomic E-state index is 0.135. The Hall–Kier alpha value is 0.220. The molecule has 3 aliphatic rings. The van der Waals surface area contributed by atoms with E-state index in [2.05, 4.69) is 0 Å². The maximum atomic E-state index is 12.1. The number of piperidine rings is 1. The molecule has 0 N–H and O–H groups in total. The number of nitrogens with zero attached hydrogens (tertiary/aromatic N) is 1. The van der Waals surface area contributed by atoms with E-state index in [4.69, 9.17) is 4.84 Å². The van der Waals surface area contributed by atoms with E-state index >= 15 is 0 Å². The normalized spacial score (nSPS) is 51.1. The summed E-state index contributed by atoms with van der Waals surface area (Å²) in [6.45, 7) is 1.30. The van der Waals surface area contributed by atoms with Crippen LogP contribution in [0.5, 0.6) is 0 Å². The topological polar surface area (TPSA) is 46.6 Å². The van der Waals surface area contributed by atoms with Gasteiger partial charge >= 0.3 is 0 Å². The van der Waals surface area contributed by atoms with Crippen LogP contribution in [0.4, 0.5) is 0 Å². The molecule has 0 aromatic rings. The molecule has 4 nitrogen and oxygen atoms in total. The number of hydrogen-bond acceptors (Lipinski definition) is 4. The number of fused-ring (bicyclic) bond motifs is 2. The summed E-state index contributed by atoms with van der Waals surface area (Å²) in [4.78, 5) is 5.58. The third-order valence-electron chi connectivity index (χ3n) is 3.62. The Morgan fingerprint density at radius 1 is 1.20 bits per heavy atom. The first-order valence-corrected chi connectivity index (χ1v) is 8.05. The van der Waals surface area contributed by atoms with Gasteiger partial charge in [-0.25, -0.2) is 0 Å². The highest BCUT2D eigenvalue weighted by molar-refractivity contribution is 8.07. The number of hydrogen-bond donors (Lipinski definition) is 0. The molecule has 86 valence electrons. The molecule has 0 bridgehead atoms. The van der Waals surface area contributed by atoms with Crippen molar-refractivity contribution in [3.05, 3.63) is 0 Å². The van der Waals surface area contributed by atoms with Gasteiger partial charge in [0.1, 0.15) is 0 Å². The van der Waals surface area contributed by atoms with Crippen LogP contribution in [-0.4, -0.2) is 48.3 Å². The van der Waals surface area contributed by atoms with Crippen molar-refractivity contribution in [2.24, 2.45) is 0 Å². The zero-order chi connectivity index (χ0) is 10.5. The van der Waals surface area contributed by atoms with Crippen LogP contribution in [0.2, 0.25) is 0 Å². The Kier molecular flexibility index (Phi) is 2.50. The van der Waals surface area contributed by atoms with Crippen molar-refractivity contribution in [2.75, 3.05) is 24.7 Å². The summed E-state index contributed by atoms with van der Waals surface area (Å²) in [6, 6.07) is 0.135. The van der Waals surface area contributed by atoms with E-state index in [9.17, 15) is 8.42 Å². The molecule has 0 aromatic heterocycles. The first kappa shape index (κ1) is 10.4. The van der Waals surface area contributed by atoms with Gasteiger partial charge in [-0.15, -0.1) is 0 Å². The Morgan fingerprint density at radius 2 is 1.93 bits per heavy atom. The number of hydroxylamine groups is 2. The molecule has 3 saturated heterocycles. The molecule has 0 radical (unpaired) electrons. The lowest BCUT2D eigenvalue weighted by molar-refractivity contribution is -0.142. The van der Waals surface area contributed by atoms with Crippen LogP contribution in [0.15, 0.2) is 0 Å². The molecule has 2 unspecified atom stereocenters. The van der Waals surface area contributed by atoms with Crippen molar-refractivity contribution in [1.29, 1.82) is 0 Å². The summed E-state index contributed by atoms with van der Waals surface area (Å²) < 4.78 is 23.6. The highest BCUT2D eigenvalue weighted by atomic mass is 32.3. The maximum Gasteiger partial charge on any atom is 0.163 e. The van der Waals surface area contributed by atoms with Crippen LogP contribution in [0, 0.1) is 0 Å². The van der Waals surface area contributed by atoms with Gasteiger partial charge in [0.25, 0.3) is 0 Å².